The standard InChI is InChI=1S/C57H37N3/c58-57(59(53-25-9-21-45-41-17-5-1-13-37(41)29-33-49(45)53)54-26-10-22-46-42-18-6-2-14-38(42)30-34-50(46)54)60(55-27-11-23-47-43-19-7-3-15-39(43)31-35-51(47)55)56-28-12-24-48-44-20-8-4-16-40(44)32-36-52(48)56/h1-36,58H. The van der Waals surface area contributed by atoms with Crippen LogP contribution in [-0.2, 0) is 0 Å². The molecule has 0 saturated heterocycles. The van der Waals surface area contributed by atoms with Crippen LogP contribution in [-0.4, -0.2) is 5.96 Å². The van der Waals surface area contributed by atoms with Crippen LogP contribution in [0, 0.1) is 5.41 Å². The third-order valence-electron chi connectivity index (χ3n) is 12.4. The summed E-state index contributed by atoms with van der Waals surface area (Å²) in [6.45, 7) is 0. The zero-order chi connectivity index (χ0) is 39.7. The van der Waals surface area contributed by atoms with Crippen molar-refractivity contribution < 1.29 is 0 Å². The Labute approximate surface area is 347 Å². The molecule has 0 spiro atoms. The minimum Gasteiger partial charge on any atom is -0.280 e. The van der Waals surface area contributed by atoms with E-state index in [-0.39, 0.29) is 0 Å². The van der Waals surface area contributed by atoms with Gasteiger partial charge in [0.1, 0.15) is 0 Å². The predicted molar refractivity (Wildman–Crippen MR) is 258 cm³/mol. The third-order valence-corrected chi connectivity index (χ3v) is 12.4. The molecule has 0 unspecified atom stereocenters. The normalized spacial score (nSPS) is 11.7. The second kappa shape index (κ2) is 13.5. The Kier molecular flexibility index (Phi) is 7.69. The summed E-state index contributed by atoms with van der Waals surface area (Å²) < 4.78 is 0. The highest BCUT2D eigenvalue weighted by atomic mass is 15.4. The Hall–Kier alpha value is -8.01. The molecule has 0 heterocycles. The van der Waals surface area contributed by atoms with Gasteiger partial charge in [-0.15, -0.1) is 0 Å². The van der Waals surface area contributed by atoms with Gasteiger partial charge in [-0.1, -0.05) is 194 Å². The molecular weight excluding hydrogens is 727 g/mol. The lowest BCUT2D eigenvalue weighted by Crippen LogP contribution is -2.39. The van der Waals surface area contributed by atoms with Crippen molar-refractivity contribution in [2.45, 2.75) is 0 Å². The Bertz CT molecular complexity index is 3230. The largest absolute Gasteiger partial charge is 0.280 e. The molecule has 12 aromatic rings. The second-order valence-corrected chi connectivity index (χ2v) is 15.6. The van der Waals surface area contributed by atoms with Crippen LogP contribution in [0.2, 0.25) is 0 Å². The van der Waals surface area contributed by atoms with Crippen LogP contribution in [0.5, 0.6) is 0 Å². The molecule has 0 aliphatic rings. The van der Waals surface area contributed by atoms with E-state index in [1.807, 2.05) is 0 Å². The fourth-order valence-electron chi connectivity index (χ4n) is 9.69. The quantitative estimate of drug-likeness (QED) is 0.110. The molecule has 0 aliphatic carbocycles. The van der Waals surface area contributed by atoms with Gasteiger partial charge in [-0.25, -0.2) is 0 Å². The van der Waals surface area contributed by atoms with Gasteiger partial charge in [-0.3, -0.25) is 15.2 Å². The van der Waals surface area contributed by atoms with E-state index in [1.165, 1.54) is 43.1 Å². The highest BCUT2D eigenvalue weighted by Gasteiger charge is 2.29. The topological polar surface area (TPSA) is 30.3 Å². The van der Waals surface area contributed by atoms with Crippen molar-refractivity contribution in [3.63, 3.8) is 0 Å². The maximum atomic E-state index is 11.0. The smallest absolute Gasteiger partial charge is 0.212 e. The average Bonchev–Trinajstić information content (AvgIpc) is 3.31. The molecule has 0 atom stereocenters. The van der Waals surface area contributed by atoms with Crippen molar-refractivity contribution in [3.05, 3.63) is 218 Å². The van der Waals surface area contributed by atoms with Gasteiger partial charge in [0.2, 0.25) is 5.96 Å². The van der Waals surface area contributed by atoms with E-state index in [0.29, 0.717) is 5.96 Å². The number of rotatable bonds is 4. The molecule has 1 N–H and O–H groups in total. The molecule has 0 aliphatic heterocycles. The lowest BCUT2D eigenvalue weighted by Gasteiger charge is -2.36. The lowest BCUT2D eigenvalue weighted by atomic mass is 9.97. The van der Waals surface area contributed by atoms with Crippen LogP contribution in [0.25, 0.3) is 86.2 Å². The van der Waals surface area contributed by atoms with E-state index in [4.69, 9.17) is 0 Å². The van der Waals surface area contributed by atoms with Crippen LogP contribution in [0.4, 0.5) is 22.7 Å². The van der Waals surface area contributed by atoms with E-state index >= 15 is 0 Å². The third kappa shape index (κ3) is 5.19. The van der Waals surface area contributed by atoms with Crippen molar-refractivity contribution in [2.24, 2.45) is 0 Å². The molecule has 280 valence electrons. The van der Waals surface area contributed by atoms with Crippen molar-refractivity contribution in [2.75, 3.05) is 9.80 Å². The number of nitrogens with one attached hydrogen (secondary N) is 1. The number of hydrogen-bond donors (Lipinski definition) is 1. The number of fused-ring (bicyclic) bond motifs is 12. The van der Waals surface area contributed by atoms with Crippen molar-refractivity contribution >= 4 is 115 Å². The van der Waals surface area contributed by atoms with Crippen molar-refractivity contribution in [1.82, 2.24) is 0 Å². The van der Waals surface area contributed by atoms with Crippen LogP contribution < -0.4 is 9.80 Å². The maximum Gasteiger partial charge on any atom is 0.212 e. The van der Waals surface area contributed by atoms with Gasteiger partial charge in [-0.2, -0.15) is 0 Å². The SMILES string of the molecule is N=C(N(c1cccc2c1ccc1ccccc12)c1cccc2c1ccc1ccccc12)N(c1cccc2c1ccc1ccccc12)c1cccc2c1ccc1ccccc12. The molecule has 0 radical (unpaired) electrons. The molecule has 3 heteroatoms. The summed E-state index contributed by atoms with van der Waals surface area (Å²) in [4.78, 5) is 4.38. The van der Waals surface area contributed by atoms with E-state index in [0.717, 1.165) is 65.8 Å². The molecule has 12 aromatic carbocycles. The summed E-state index contributed by atoms with van der Waals surface area (Å²) in [5.41, 5.74) is 3.74. The molecule has 0 bridgehead atoms. The van der Waals surface area contributed by atoms with E-state index in [2.05, 4.69) is 228 Å². The number of benzene rings is 12. The molecule has 0 saturated carbocycles. The minimum atomic E-state index is 0.317. The zero-order valence-electron chi connectivity index (χ0n) is 32.7. The molecule has 60 heavy (non-hydrogen) atoms. The van der Waals surface area contributed by atoms with Crippen LogP contribution in [0.1, 0.15) is 0 Å². The fourth-order valence-corrected chi connectivity index (χ4v) is 9.69. The van der Waals surface area contributed by atoms with Crippen LogP contribution in [0.3, 0.4) is 0 Å². The maximum absolute atomic E-state index is 11.0. The van der Waals surface area contributed by atoms with E-state index in [9.17, 15) is 5.41 Å². The highest BCUT2D eigenvalue weighted by molar-refractivity contribution is 6.27. The molecule has 3 nitrogen and oxygen atoms in total. The molecule has 0 aromatic heterocycles. The monoisotopic (exact) mass is 763 g/mol. The van der Waals surface area contributed by atoms with Gasteiger partial charge in [0, 0.05) is 21.5 Å². The number of hydrogen-bond acceptors (Lipinski definition) is 1. The first-order valence-electron chi connectivity index (χ1n) is 20.5. The van der Waals surface area contributed by atoms with Gasteiger partial charge in [0.05, 0.1) is 22.7 Å². The van der Waals surface area contributed by atoms with Gasteiger partial charge in [0.25, 0.3) is 0 Å². The summed E-state index contributed by atoms with van der Waals surface area (Å²) in [6, 6.07) is 78.2. The van der Waals surface area contributed by atoms with Crippen LogP contribution >= 0.6 is 0 Å². The Morgan fingerprint density at radius 3 is 0.717 bits per heavy atom. The number of anilines is 4. The summed E-state index contributed by atoms with van der Waals surface area (Å²) in [5, 5.41) is 29.3. The summed E-state index contributed by atoms with van der Waals surface area (Å²) in [7, 11) is 0. The molecular formula is C57H37N3. The van der Waals surface area contributed by atoms with Crippen LogP contribution in [0.15, 0.2) is 218 Å². The summed E-state index contributed by atoms with van der Waals surface area (Å²) in [5.74, 6) is 0.317. The summed E-state index contributed by atoms with van der Waals surface area (Å²) >= 11 is 0. The van der Waals surface area contributed by atoms with Gasteiger partial charge in [0.15, 0.2) is 0 Å². The first kappa shape index (κ1) is 34.1. The minimum absolute atomic E-state index is 0.317. The van der Waals surface area contributed by atoms with Gasteiger partial charge < -0.3 is 0 Å². The van der Waals surface area contributed by atoms with E-state index in [1.54, 1.807) is 0 Å². The second-order valence-electron chi connectivity index (χ2n) is 15.6. The molecule has 0 fully saturated rings. The van der Waals surface area contributed by atoms with Crippen molar-refractivity contribution in [1.29, 1.82) is 5.41 Å². The Balaban J connectivity index is 1.20. The molecule has 0 amide bonds. The fraction of sp³-hybridized carbons (Fsp3) is 0. The number of nitrogens with zero attached hydrogens (tertiary/aromatic N) is 2. The summed E-state index contributed by atoms with van der Waals surface area (Å²) in [6.07, 6.45) is 0. The molecule has 12 rings (SSSR count). The first-order chi connectivity index (χ1) is 29.7. The Morgan fingerprint density at radius 1 is 0.217 bits per heavy atom. The predicted octanol–water partition coefficient (Wildman–Crippen LogP) is 15.8. The zero-order valence-corrected chi connectivity index (χ0v) is 32.7. The van der Waals surface area contributed by atoms with E-state index < -0.39 is 0 Å². The highest BCUT2D eigenvalue weighted by Crippen LogP contribution is 2.45. The first-order valence-corrected chi connectivity index (χ1v) is 20.5. The van der Waals surface area contributed by atoms with Gasteiger partial charge in [-0.05, 0) is 88.9 Å². The lowest BCUT2D eigenvalue weighted by molar-refractivity contribution is 1.21. The van der Waals surface area contributed by atoms with Crippen molar-refractivity contribution in [3.8, 4) is 0 Å². The van der Waals surface area contributed by atoms with Gasteiger partial charge >= 0.3 is 0 Å². The average molecular weight is 764 g/mol. The number of guanidine groups is 1. The Morgan fingerprint density at radius 2 is 0.450 bits per heavy atom.